The van der Waals surface area contributed by atoms with E-state index in [1.807, 2.05) is 20.8 Å². The second-order valence-electron chi connectivity index (χ2n) is 14.7. The monoisotopic (exact) mass is 785 g/mol. The standard InChI is InChI=1S/C40H43Cl2F2N3O7/c1-22(53-38(50)54-25-10-7-6-8-11-25)52-37(49)23-14-17-30(31(18-23)51-5)47-36(48)35-33(26-12-9-13-28(42)34(26)44)40(21-46-35,32(20-45)39(2,3)4)27-16-15-24(41)19-29(27)43/h9,12-19,22,25,32-33,35,46H,6-8,10-11,21H2,1-5H3,(H,47,48)/t22?,32?,33-,35+,40+/m0/s1. The molecule has 1 saturated carbocycles. The SMILES string of the molecule is COc1cc(C(=O)OC(C)OC(=O)OC2CCCCC2)ccc1NC(=O)[C@@H]1NC[C@@](c2ccc(Cl)cc2F)(C(C#N)C(C)(C)C)[C@H]1c1cccc(Cl)c1F. The molecule has 10 nitrogen and oxygen atoms in total. The van der Waals surface area contributed by atoms with E-state index in [-0.39, 0.29) is 50.8 Å². The van der Waals surface area contributed by atoms with Gasteiger partial charge in [-0.25, -0.2) is 18.4 Å². The van der Waals surface area contributed by atoms with Gasteiger partial charge in [0.15, 0.2) is 0 Å². The Labute approximate surface area is 323 Å². The second kappa shape index (κ2) is 16.9. The molecule has 2 aliphatic rings. The number of carbonyl (C=O) groups excluding carboxylic acids is 3. The van der Waals surface area contributed by atoms with E-state index in [1.54, 1.807) is 0 Å². The molecule has 0 radical (unpaired) electrons. The van der Waals surface area contributed by atoms with Crippen LogP contribution in [0.1, 0.15) is 87.2 Å². The summed E-state index contributed by atoms with van der Waals surface area (Å²) in [6.07, 6.45) is 2.08. The van der Waals surface area contributed by atoms with E-state index in [4.69, 9.17) is 42.1 Å². The summed E-state index contributed by atoms with van der Waals surface area (Å²) >= 11 is 12.4. The van der Waals surface area contributed by atoms with Gasteiger partial charge < -0.3 is 29.6 Å². The molecule has 3 aromatic rings. The van der Waals surface area contributed by atoms with Gasteiger partial charge in [-0.3, -0.25) is 4.79 Å². The maximum absolute atomic E-state index is 16.1. The van der Waals surface area contributed by atoms with Crippen LogP contribution in [0.5, 0.6) is 5.75 Å². The largest absolute Gasteiger partial charge is 0.511 e. The molecule has 2 N–H and O–H groups in total. The Morgan fingerprint density at radius 3 is 2.39 bits per heavy atom. The lowest BCUT2D eigenvalue weighted by molar-refractivity contribution is -0.118. The summed E-state index contributed by atoms with van der Waals surface area (Å²) in [7, 11) is 1.33. The van der Waals surface area contributed by atoms with E-state index in [0.29, 0.717) is 0 Å². The summed E-state index contributed by atoms with van der Waals surface area (Å²) in [5, 5.41) is 16.6. The molecule has 5 rings (SSSR count). The average molecular weight is 787 g/mol. The molecule has 14 heteroatoms. The van der Waals surface area contributed by atoms with E-state index >= 15 is 8.78 Å². The summed E-state index contributed by atoms with van der Waals surface area (Å²) in [6.45, 7) is 6.76. The second-order valence-corrected chi connectivity index (χ2v) is 15.5. The van der Waals surface area contributed by atoms with Crippen molar-refractivity contribution < 1.29 is 42.1 Å². The molecule has 3 aromatic carbocycles. The minimum atomic E-state index is -1.51. The number of amides is 1. The Bertz CT molecular complexity index is 1930. The van der Waals surface area contributed by atoms with Crippen LogP contribution in [0.15, 0.2) is 54.6 Å². The summed E-state index contributed by atoms with van der Waals surface area (Å²) in [5.41, 5.74) is -2.02. The van der Waals surface area contributed by atoms with Gasteiger partial charge in [0.25, 0.3) is 0 Å². The highest BCUT2D eigenvalue weighted by Crippen LogP contribution is 2.56. The predicted molar refractivity (Wildman–Crippen MR) is 199 cm³/mol. The molecular weight excluding hydrogens is 743 g/mol. The molecule has 0 spiro atoms. The third-order valence-corrected chi connectivity index (χ3v) is 10.6. The normalized spacial score (nSPS) is 21.3. The third kappa shape index (κ3) is 8.59. The lowest BCUT2D eigenvalue weighted by Crippen LogP contribution is -2.49. The van der Waals surface area contributed by atoms with Crippen molar-refractivity contribution in [3.8, 4) is 11.8 Å². The van der Waals surface area contributed by atoms with Crippen LogP contribution in [-0.4, -0.2) is 50.1 Å². The number of hydrogen-bond donors (Lipinski definition) is 2. The minimum absolute atomic E-state index is 0.00974. The van der Waals surface area contributed by atoms with Crippen LogP contribution in [0.2, 0.25) is 10.0 Å². The number of nitriles is 1. The minimum Gasteiger partial charge on any atom is -0.495 e. The van der Waals surface area contributed by atoms with Gasteiger partial charge >= 0.3 is 12.1 Å². The van der Waals surface area contributed by atoms with Crippen LogP contribution in [0.25, 0.3) is 0 Å². The smallest absolute Gasteiger partial charge is 0.495 e. The summed E-state index contributed by atoms with van der Waals surface area (Å²) in [6, 6.07) is 13.7. The van der Waals surface area contributed by atoms with Gasteiger partial charge in [0.05, 0.1) is 41.4 Å². The van der Waals surface area contributed by atoms with Crippen LogP contribution < -0.4 is 15.4 Å². The number of esters is 1. The quantitative estimate of drug-likeness (QED) is 0.152. The average Bonchev–Trinajstić information content (AvgIpc) is 3.49. The Balaban J connectivity index is 1.44. The zero-order chi connectivity index (χ0) is 39.4. The van der Waals surface area contributed by atoms with E-state index in [1.165, 1.54) is 62.6 Å². The molecule has 1 saturated heterocycles. The molecule has 288 valence electrons. The fourth-order valence-corrected chi connectivity index (χ4v) is 8.11. The molecule has 1 heterocycles. The van der Waals surface area contributed by atoms with Gasteiger partial charge in [-0.1, -0.05) is 68.6 Å². The number of benzene rings is 3. The van der Waals surface area contributed by atoms with Gasteiger partial charge in [0.2, 0.25) is 12.2 Å². The lowest BCUT2D eigenvalue weighted by Gasteiger charge is -2.45. The summed E-state index contributed by atoms with van der Waals surface area (Å²) in [4.78, 5) is 39.6. The highest BCUT2D eigenvalue weighted by Gasteiger charge is 2.60. The molecule has 2 fully saturated rings. The van der Waals surface area contributed by atoms with Crippen LogP contribution in [0.4, 0.5) is 19.3 Å². The first-order chi connectivity index (χ1) is 25.6. The maximum atomic E-state index is 16.1. The molecule has 1 amide bonds. The number of nitrogens with one attached hydrogen (secondary N) is 2. The number of anilines is 1. The van der Waals surface area contributed by atoms with Gasteiger partial charge in [0.1, 0.15) is 23.5 Å². The topological polar surface area (TPSA) is 136 Å². The fourth-order valence-electron chi connectivity index (χ4n) is 7.77. The van der Waals surface area contributed by atoms with E-state index in [9.17, 15) is 19.6 Å². The van der Waals surface area contributed by atoms with E-state index in [0.717, 1.165) is 38.2 Å². The molecule has 54 heavy (non-hydrogen) atoms. The zero-order valence-electron chi connectivity index (χ0n) is 30.6. The van der Waals surface area contributed by atoms with Crippen molar-refractivity contribution >= 4 is 46.9 Å². The first-order valence-electron chi connectivity index (χ1n) is 17.7. The third-order valence-electron chi connectivity index (χ3n) is 10.1. The van der Waals surface area contributed by atoms with E-state index < -0.39 is 64.7 Å². The zero-order valence-corrected chi connectivity index (χ0v) is 32.2. The fraction of sp³-hybridized carbons (Fsp3) is 0.450. The Morgan fingerprint density at radius 2 is 1.74 bits per heavy atom. The van der Waals surface area contributed by atoms with Crippen molar-refractivity contribution in [2.75, 3.05) is 19.0 Å². The van der Waals surface area contributed by atoms with Crippen molar-refractivity contribution in [1.29, 1.82) is 5.26 Å². The molecule has 1 aliphatic heterocycles. The maximum Gasteiger partial charge on any atom is 0.511 e. The number of methoxy groups -OCH3 is 1. The van der Waals surface area contributed by atoms with Crippen LogP contribution in [-0.2, 0) is 24.4 Å². The van der Waals surface area contributed by atoms with Crippen LogP contribution in [0.3, 0.4) is 0 Å². The van der Waals surface area contributed by atoms with Gasteiger partial charge in [-0.05, 0) is 78.6 Å². The Hall–Kier alpha value is -4.44. The highest BCUT2D eigenvalue weighted by atomic mass is 35.5. The van der Waals surface area contributed by atoms with Gasteiger partial charge in [-0.15, -0.1) is 0 Å². The number of nitrogens with zero attached hydrogens (tertiary/aromatic N) is 1. The molecule has 2 unspecified atom stereocenters. The number of rotatable bonds is 10. The molecular formula is C40H43Cl2F2N3O7. The number of hydrogen-bond acceptors (Lipinski definition) is 9. The van der Waals surface area contributed by atoms with Crippen molar-refractivity contribution in [2.45, 2.75) is 89.6 Å². The first kappa shape index (κ1) is 40.7. The molecule has 0 bridgehead atoms. The van der Waals surface area contributed by atoms with Crippen molar-refractivity contribution in [1.82, 2.24) is 5.32 Å². The first-order valence-corrected chi connectivity index (χ1v) is 18.5. The van der Waals surface area contributed by atoms with Crippen molar-refractivity contribution in [3.63, 3.8) is 0 Å². The highest BCUT2D eigenvalue weighted by molar-refractivity contribution is 6.31. The van der Waals surface area contributed by atoms with E-state index in [2.05, 4.69) is 16.7 Å². The van der Waals surface area contributed by atoms with Gasteiger partial charge in [0, 0.05) is 29.8 Å². The Kier molecular flexibility index (Phi) is 12.8. The number of ether oxygens (including phenoxy) is 4. The molecule has 0 aromatic heterocycles. The van der Waals surface area contributed by atoms with Crippen molar-refractivity contribution in [2.24, 2.45) is 11.3 Å². The van der Waals surface area contributed by atoms with Gasteiger partial charge in [-0.2, -0.15) is 5.26 Å². The lowest BCUT2D eigenvalue weighted by atomic mass is 9.55. The molecule has 1 aliphatic carbocycles. The molecule has 5 atom stereocenters. The predicted octanol–water partition coefficient (Wildman–Crippen LogP) is 9.09. The Morgan fingerprint density at radius 1 is 1.02 bits per heavy atom. The number of carbonyl (C=O) groups is 3. The number of halogens is 4. The van der Waals surface area contributed by atoms with Crippen LogP contribution in [0, 0.1) is 34.3 Å². The summed E-state index contributed by atoms with van der Waals surface area (Å²) < 4.78 is 53.5. The van der Waals surface area contributed by atoms with Crippen molar-refractivity contribution in [3.05, 3.63) is 93.0 Å². The van der Waals surface area contributed by atoms with Crippen LogP contribution >= 0.6 is 23.2 Å². The summed E-state index contributed by atoms with van der Waals surface area (Å²) in [5.74, 6) is -5.07.